The summed E-state index contributed by atoms with van der Waals surface area (Å²) in [7, 11) is -5.96. The fraction of sp³-hybridized carbons (Fsp3) is 0.519. The summed E-state index contributed by atoms with van der Waals surface area (Å²) < 4.78 is 41.6. The Hall–Kier alpha value is -2.04. The molecule has 198 valence electrons. The standard InChI is InChI=1S/C27H39NO6SSi/c1-27(2,3)36(5,6)32-20-25(34-35(4,30)31)24-17-23(26(29)33-24)28(18-21-13-9-7-10-14-21)19-22-15-11-8-12-16-22/h7-16,23-25H,17-20H2,1-6H3/t23-,24-,25-/m1/s1. The van der Waals surface area contributed by atoms with E-state index >= 15 is 0 Å². The summed E-state index contributed by atoms with van der Waals surface area (Å²) in [6.45, 7) is 11.7. The summed E-state index contributed by atoms with van der Waals surface area (Å²) in [5.74, 6) is -0.374. The number of hydrogen-bond acceptors (Lipinski definition) is 7. The highest BCUT2D eigenvalue weighted by Crippen LogP contribution is 2.37. The van der Waals surface area contributed by atoms with Crippen LogP contribution in [0.4, 0.5) is 0 Å². The summed E-state index contributed by atoms with van der Waals surface area (Å²) in [6.07, 6.45) is -0.300. The summed E-state index contributed by atoms with van der Waals surface area (Å²) in [6, 6.07) is 19.4. The van der Waals surface area contributed by atoms with Crippen LogP contribution in [0.3, 0.4) is 0 Å². The third-order valence-electron chi connectivity index (χ3n) is 7.02. The van der Waals surface area contributed by atoms with E-state index in [0.717, 1.165) is 17.4 Å². The molecule has 7 nitrogen and oxygen atoms in total. The molecule has 1 aliphatic heterocycles. The van der Waals surface area contributed by atoms with E-state index in [1.54, 1.807) is 0 Å². The molecule has 0 unspecified atom stereocenters. The van der Waals surface area contributed by atoms with Crippen molar-refractivity contribution in [2.45, 2.75) is 76.7 Å². The van der Waals surface area contributed by atoms with Crippen molar-refractivity contribution in [1.29, 1.82) is 0 Å². The van der Waals surface area contributed by atoms with Gasteiger partial charge in [-0.1, -0.05) is 81.4 Å². The van der Waals surface area contributed by atoms with Crippen molar-refractivity contribution in [3.8, 4) is 0 Å². The van der Waals surface area contributed by atoms with Gasteiger partial charge in [0.1, 0.15) is 18.2 Å². The number of cyclic esters (lactones) is 1. The van der Waals surface area contributed by atoms with Crippen LogP contribution in [0.25, 0.3) is 0 Å². The lowest BCUT2D eigenvalue weighted by Crippen LogP contribution is -2.45. The number of ether oxygens (including phenoxy) is 1. The van der Waals surface area contributed by atoms with Gasteiger partial charge in [-0.05, 0) is 29.3 Å². The van der Waals surface area contributed by atoms with Crippen molar-refractivity contribution in [2.24, 2.45) is 0 Å². The van der Waals surface area contributed by atoms with Gasteiger partial charge in [-0.2, -0.15) is 8.42 Å². The second kappa shape index (κ2) is 11.6. The number of nitrogens with zero attached hydrogens (tertiary/aromatic N) is 1. The smallest absolute Gasteiger partial charge is 0.323 e. The van der Waals surface area contributed by atoms with Crippen LogP contribution in [0, 0.1) is 0 Å². The van der Waals surface area contributed by atoms with Crippen molar-refractivity contribution in [1.82, 2.24) is 4.90 Å². The molecular formula is C27H39NO6SSi. The topological polar surface area (TPSA) is 82.1 Å². The molecule has 0 aromatic heterocycles. The molecule has 1 heterocycles. The SMILES string of the molecule is CC(C)(C)[Si](C)(C)OC[C@@H](OS(C)(=O)=O)[C@H]1C[C@@H](N(Cc2ccccc2)Cc2ccccc2)C(=O)O1. The van der Waals surface area contributed by atoms with Crippen LogP contribution in [0.2, 0.25) is 18.1 Å². The molecule has 0 saturated carbocycles. The zero-order valence-corrected chi connectivity index (χ0v) is 24.0. The first-order chi connectivity index (χ1) is 16.7. The number of esters is 1. The van der Waals surface area contributed by atoms with Crippen LogP contribution in [0.1, 0.15) is 38.3 Å². The fourth-order valence-corrected chi connectivity index (χ4v) is 5.60. The van der Waals surface area contributed by atoms with Crippen molar-refractivity contribution < 1.29 is 26.6 Å². The average Bonchev–Trinajstić information content (AvgIpc) is 3.17. The minimum atomic E-state index is -3.79. The molecule has 1 aliphatic rings. The molecule has 0 radical (unpaired) electrons. The van der Waals surface area contributed by atoms with Gasteiger partial charge in [-0.25, -0.2) is 0 Å². The third-order valence-corrected chi connectivity index (χ3v) is 12.1. The Labute approximate surface area is 217 Å². The Morgan fingerprint density at radius 2 is 1.50 bits per heavy atom. The first-order valence-electron chi connectivity index (χ1n) is 12.3. The van der Waals surface area contributed by atoms with Gasteiger partial charge >= 0.3 is 5.97 Å². The minimum absolute atomic E-state index is 0.0472. The van der Waals surface area contributed by atoms with Crippen LogP contribution >= 0.6 is 0 Å². The zero-order chi connectivity index (χ0) is 26.6. The number of carbonyl (C=O) groups is 1. The molecule has 1 fully saturated rings. The van der Waals surface area contributed by atoms with Crippen molar-refractivity contribution in [3.05, 3.63) is 71.8 Å². The first-order valence-corrected chi connectivity index (χ1v) is 17.0. The number of benzene rings is 2. The molecule has 9 heteroatoms. The lowest BCUT2D eigenvalue weighted by molar-refractivity contribution is -0.148. The monoisotopic (exact) mass is 533 g/mol. The third kappa shape index (κ3) is 7.98. The lowest BCUT2D eigenvalue weighted by atomic mass is 10.0. The van der Waals surface area contributed by atoms with E-state index in [1.807, 2.05) is 60.7 Å². The predicted molar refractivity (Wildman–Crippen MR) is 143 cm³/mol. The average molecular weight is 534 g/mol. The van der Waals surface area contributed by atoms with E-state index < -0.39 is 36.7 Å². The Balaban J connectivity index is 1.82. The van der Waals surface area contributed by atoms with Crippen LogP contribution < -0.4 is 0 Å². The maximum Gasteiger partial charge on any atom is 0.323 e. The van der Waals surface area contributed by atoms with Crippen LogP contribution in [-0.4, -0.2) is 58.7 Å². The number of carbonyl (C=O) groups excluding carboxylic acids is 1. The summed E-state index contributed by atoms with van der Waals surface area (Å²) >= 11 is 0. The van der Waals surface area contributed by atoms with Gasteiger partial charge in [0.25, 0.3) is 10.1 Å². The molecule has 3 rings (SSSR count). The van der Waals surface area contributed by atoms with E-state index in [0.29, 0.717) is 19.5 Å². The van der Waals surface area contributed by atoms with E-state index in [-0.39, 0.29) is 17.6 Å². The van der Waals surface area contributed by atoms with Gasteiger partial charge < -0.3 is 9.16 Å². The molecule has 36 heavy (non-hydrogen) atoms. The van der Waals surface area contributed by atoms with Gasteiger partial charge in [0, 0.05) is 19.5 Å². The molecule has 0 amide bonds. The molecule has 2 aromatic carbocycles. The van der Waals surface area contributed by atoms with Crippen molar-refractivity contribution in [3.63, 3.8) is 0 Å². The largest absolute Gasteiger partial charge is 0.458 e. The Kier molecular flexibility index (Phi) is 9.16. The fourth-order valence-electron chi connectivity index (χ4n) is 3.96. The summed E-state index contributed by atoms with van der Waals surface area (Å²) in [4.78, 5) is 15.2. The van der Waals surface area contributed by atoms with Crippen LogP contribution in [0.15, 0.2) is 60.7 Å². The van der Waals surface area contributed by atoms with Crippen LogP contribution in [-0.2, 0) is 41.3 Å². The highest BCUT2D eigenvalue weighted by Gasteiger charge is 2.45. The van der Waals surface area contributed by atoms with Gasteiger partial charge in [0.15, 0.2) is 8.32 Å². The van der Waals surface area contributed by atoms with E-state index in [9.17, 15) is 13.2 Å². The highest BCUT2D eigenvalue weighted by molar-refractivity contribution is 7.86. The van der Waals surface area contributed by atoms with Crippen molar-refractivity contribution in [2.75, 3.05) is 12.9 Å². The predicted octanol–water partition coefficient (Wildman–Crippen LogP) is 4.74. The van der Waals surface area contributed by atoms with Gasteiger partial charge in [-0.3, -0.25) is 13.9 Å². The zero-order valence-electron chi connectivity index (χ0n) is 22.1. The second-order valence-corrected chi connectivity index (χ2v) is 17.4. The highest BCUT2D eigenvalue weighted by atomic mass is 32.2. The molecule has 1 saturated heterocycles. The van der Waals surface area contributed by atoms with Crippen molar-refractivity contribution >= 4 is 24.4 Å². The Bertz CT molecular complexity index is 1060. The number of rotatable bonds is 11. The molecule has 0 bridgehead atoms. The molecule has 0 N–H and O–H groups in total. The van der Waals surface area contributed by atoms with Gasteiger partial charge in [0.05, 0.1) is 12.9 Å². The summed E-state index contributed by atoms with van der Waals surface area (Å²) in [5, 5.41) is -0.0559. The van der Waals surface area contributed by atoms with E-state index in [2.05, 4.69) is 38.8 Å². The second-order valence-electron chi connectivity index (χ2n) is 11.0. The van der Waals surface area contributed by atoms with Gasteiger partial charge in [-0.15, -0.1) is 0 Å². The molecule has 0 aliphatic carbocycles. The maximum atomic E-state index is 13.1. The normalized spacial score (nSPS) is 19.9. The molecule has 3 atom stereocenters. The van der Waals surface area contributed by atoms with E-state index in [1.165, 1.54) is 0 Å². The quantitative estimate of drug-likeness (QED) is 0.234. The van der Waals surface area contributed by atoms with Crippen LogP contribution in [0.5, 0.6) is 0 Å². The Morgan fingerprint density at radius 3 is 1.94 bits per heavy atom. The first kappa shape index (κ1) is 28.5. The Morgan fingerprint density at radius 1 is 1.00 bits per heavy atom. The molecular weight excluding hydrogens is 494 g/mol. The minimum Gasteiger partial charge on any atom is -0.458 e. The maximum absolute atomic E-state index is 13.1. The molecule has 2 aromatic rings. The van der Waals surface area contributed by atoms with Gasteiger partial charge in [0.2, 0.25) is 0 Å². The van der Waals surface area contributed by atoms with E-state index in [4.69, 9.17) is 13.3 Å². The lowest BCUT2D eigenvalue weighted by Gasteiger charge is -2.37. The summed E-state index contributed by atoms with van der Waals surface area (Å²) in [5.41, 5.74) is 2.16. The molecule has 0 spiro atoms. The number of hydrogen-bond donors (Lipinski definition) is 0.